The number of piperazine rings is 1. The van der Waals surface area contributed by atoms with Gasteiger partial charge in [-0.25, -0.2) is 13.6 Å². The molecule has 258 valence electrons. The quantitative estimate of drug-likeness (QED) is 0.209. The van der Waals surface area contributed by atoms with Crippen LogP contribution in [0.5, 0.6) is 5.75 Å². The second kappa shape index (κ2) is 17.0. The standard InChI is InChI=1S/C36H45F2N5O5/c1-5-12-42(13-6-2)35(46)26-16-23(3)15-25(20-26)34(45)41-31(19-24-17-27(37)21-28(38)18-24)33(44)32-22-43(14-11-39-32)36(47)40-29-7-9-30(48-4)10-8-29/h7-10,15-18,20-21,31-33,39,44H,5-6,11-14,19,22H2,1-4H3,(H,40,47)(H,41,45)/t31-,32+,33?/m0/s1. The zero-order valence-corrected chi connectivity index (χ0v) is 27.9. The molecule has 0 radical (unpaired) electrons. The van der Waals surface area contributed by atoms with Gasteiger partial charge in [0.05, 0.1) is 25.3 Å². The van der Waals surface area contributed by atoms with Gasteiger partial charge in [0, 0.05) is 55.6 Å². The summed E-state index contributed by atoms with van der Waals surface area (Å²) in [7, 11) is 1.55. The Morgan fingerprint density at radius 2 is 1.65 bits per heavy atom. The van der Waals surface area contributed by atoms with Crippen molar-refractivity contribution >= 4 is 23.5 Å². The fourth-order valence-corrected chi connectivity index (χ4v) is 5.92. The molecular weight excluding hydrogens is 620 g/mol. The molecule has 0 aromatic heterocycles. The van der Waals surface area contributed by atoms with Crippen LogP contribution >= 0.6 is 0 Å². The van der Waals surface area contributed by atoms with E-state index in [1.54, 1.807) is 60.2 Å². The molecule has 1 aliphatic heterocycles. The minimum atomic E-state index is -1.27. The second-order valence-electron chi connectivity index (χ2n) is 12.1. The number of methoxy groups -OCH3 is 1. The predicted molar refractivity (Wildman–Crippen MR) is 180 cm³/mol. The summed E-state index contributed by atoms with van der Waals surface area (Å²) in [6.07, 6.45) is 0.213. The van der Waals surface area contributed by atoms with E-state index in [0.29, 0.717) is 48.7 Å². The number of nitrogens with one attached hydrogen (secondary N) is 3. The molecule has 4 rings (SSSR count). The van der Waals surface area contributed by atoms with Crippen molar-refractivity contribution < 1.29 is 33.0 Å². The lowest BCUT2D eigenvalue weighted by molar-refractivity contribution is 0.0551. The van der Waals surface area contributed by atoms with E-state index in [9.17, 15) is 28.3 Å². The first-order chi connectivity index (χ1) is 23.0. The van der Waals surface area contributed by atoms with Gasteiger partial charge in [0.2, 0.25) is 0 Å². The molecule has 1 unspecified atom stereocenters. The van der Waals surface area contributed by atoms with Gasteiger partial charge in [-0.05, 0) is 91.9 Å². The Hall–Kier alpha value is -4.55. The first-order valence-corrected chi connectivity index (χ1v) is 16.3. The minimum Gasteiger partial charge on any atom is -0.497 e. The summed E-state index contributed by atoms with van der Waals surface area (Å²) < 4.78 is 33.5. The number of aryl methyl sites for hydroxylation is 1. The van der Waals surface area contributed by atoms with Crippen molar-refractivity contribution in [3.63, 3.8) is 0 Å². The van der Waals surface area contributed by atoms with E-state index >= 15 is 0 Å². The average molecular weight is 666 g/mol. The van der Waals surface area contributed by atoms with E-state index in [2.05, 4.69) is 16.0 Å². The molecule has 3 atom stereocenters. The molecule has 10 nitrogen and oxygen atoms in total. The van der Waals surface area contributed by atoms with Crippen molar-refractivity contribution in [2.24, 2.45) is 0 Å². The number of urea groups is 1. The number of benzene rings is 3. The Bertz CT molecular complexity index is 1540. The number of ether oxygens (including phenoxy) is 1. The number of aliphatic hydroxyl groups excluding tert-OH is 1. The zero-order valence-electron chi connectivity index (χ0n) is 27.9. The molecule has 0 saturated carbocycles. The van der Waals surface area contributed by atoms with E-state index in [-0.39, 0.29) is 36.0 Å². The van der Waals surface area contributed by atoms with Gasteiger partial charge in [-0.2, -0.15) is 0 Å². The van der Waals surface area contributed by atoms with E-state index in [1.807, 2.05) is 13.8 Å². The monoisotopic (exact) mass is 665 g/mol. The van der Waals surface area contributed by atoms with Gasteiger partial charge in [-0.15, -0.1) is 0 Å². The molecule has 1 saturated heterocycles. The number of carbonyl (C=O) groups excluding carboxylic acids is 3. The summed E-state index contributed by atoms with van der Waals surface area (Å²) >= 11 is 0. The average Bonchev–Trinajstić information content (AvgIpc) is 3.06. The predicted octanol–water partition coefficient (Wildman–Crippen LogP) is 4.75. The molecule has 3 aromatic carbocycles. The fraction of sp³-hybridized carbons (Fsp3) is 0.417. The lowest BCUT2D eigenvalue weighted by atomic mass is 9.94. The number of aliphatic hydroxyl groups is 1. The van der Waals surface area contributed by atoms with Gasteiger partial charge in [-0.1, -0.05) is 13.8 Å². The van der Waals surface area contributed by atoms with Crippen LogP contribution in [0.3, 0.4) is 0 Å². The van der Waals surface area contributed by atoms with Gasteiger partial charge in [0.15, 0.2) is 0 Å². The smallest absolute Gasteiger partial charge is 0.321 e. The molecule has 12 heteroatoms. The molecule has 1 aliphatic rings. The van der Waals surface area contributed by atoms with E-state index < -0.39 is 35.7 Å². The maximum Gasteiger partial charge on any atom is 0.321 e. The van der Waals surface area contributed by atoms with Crippen molar-refractivity contribution in [1.29, 1.82) is 0 Å². The van der Waals surface area contributed by atoms with Gasteiger partial charge in [0.25, 0.3) is 11.8 Å². The van der Waals surface area contributed by atoms with Gasteiger partial charge >= 0.3 is 6.03 Å². The van der Waals surface area contributed by atoms with Crippen molar-refractivity contribution in [2.75, 3.05) is 45.2 Å². The molecule has 0 spiro atoms. The third kappa shape index (κ3) is 9.74. The highest BCUT2D eigenvalue weighted by Crippen LogP contribution is 2.19. The second-order valence-corrected chi connectivity index (χ2v) is 12.1. The number of rotatable bonds is 13. The first kappa shape index (κ1) is 36.3. The maximum absolute atomic E-state index is 14.2. The summed E-state index contributed by atoms with van der Waals surface area (Å²) in [5.41, 5.74) is 2.09. The Morgan fingerprint density at radius 3 is 2.27 bits per heavy atom. The topological polar surface area (TPSA) is 123 Å². The summed E-state index contributed by atoms with van der Waals surface area (Å²) in [5, 5.41) is 20.6. The molecule has 1 fully saturated rings. The van der Waals surface area contributed by atoms with Crippen LogP contribution in [0.4, 0.5) is 19.3 Å². The summed E-state index contributed by atoms with van der Waals surface area (Å²) in [4.78, 5) is 43.5. The molecule has 48 heavy (non-hydrogen) atoms. The molecule has 0 aliphatic carbocycles. The van der Waals surface area contributed by atoms with Crippen molar-refractivity contribution in [3.05, 3.63) is 94.6 Å². The highest BCUT2D eigenvalue weighted by atomic mass is 19.1. The zero-order chi connectivity index (χ0) is 34.8. The summed E-state index contributed by atoms with van der Waals surface area (Å²) in [6.45, 7) is 7.78. The minimum absolute atomic E-state index is 0.0980. The van der Waals surface area contributed by atoms with Crippen LogP contribution in [-0.4, -0.2) is 90.8 Å². The molecule has 0 bridgehead atoms. The van der Waals surface area contributed by atoms with Crippen LogP contribution in [0.1, 0.15) is 58.5 Å². The number of hydrogen-bond donors (Lipinski definition) is 4. The lowest BCUT2D eigenvalue weighted by Gasteiger charge is -2.38. The third-order valence-corrected chi connectivity index (χ3v) is 8.21. The van der Waals surface area contributed by atoms with Crippen LogP contribution in [0.25, 0.3) is 0 Å². The Labute approximate surface area is 280 Å². The number of hydrogen-bond acceptors (Lipinski definition) is 6. The fourth-order valence-electron chi connectivity index (χ4n) is 5.92. The normalized spacial score (nSPS) is 15.7. The van der Waals surface area contributed by atoms with Crippen LogP contribution < -0.4 is 20.7 Å². The molecule has 4 amide bonds. The van der Waals surface area contributed by atoms with Gasteiger partial charge in [-0.3, -0.25) is 9.59 Å². The van der Waals surface area contributed by atoms with Crippen molar-refractivity contribution in [2.45, 2.75) is 58.2 Å². The Balaban J connectivity index is 1.55. The van der Waals surface area contributed by atoms with E-state index in [0.717, 1.165) is 31.0 Å². The number of amides is 4. The number of halogens is 2. The molecule has 1 heterocycles. The maximum atomic E-state index is 14.2. The SMILES string of the molecule is CCCN(CCC)C(=O)c1cc(C)cc(C(=O)N[C@@H](Cc2cc(F)cc(F)c2)C(O)[C@H]2CN(C(=O)Nc3ccc(OC)cc3)CCN2)c1. The van der Waals surface area contributed by atoms with Gasteiger partial charge in [0.1, 0.15) is 17.4 Å². The first-order valence-electron chi connectivity index (χ1n) is 16.3. The van der Waals surface area contributed by atoms with Crippen molar-refractivity contribution in [1.82, 2.24) is 20.4 Å². The van der Waals surface area contributed by atoms with Crippen LogP contribution in [0, 0.1) is 18.6 Å². The van der Waals surface area contributed by atoms with Gasteiger partial charge < -0.3 is 35.6 Å². The van der Waals surface area contributed by atoms with Crippen molar-refractivity contribution in [3.8, 4) is 5.75 Å². The van der Waals surface area contributed by atoms with Crippen LogP contribution in [0.15, 0.2) is 60.7 Å². The third-order valence-electron chi connectivity index (χ3n) is 8.21. The Morgan fingerprint density at radius 1 is 1.00 bits per heavy atom. The number of nitrogens with zero attached hydrogens (tertiary/aromatic N) is 2. The Kier molecular flexibility index (Phi) is 12.9. The highest BCUT2D eigenvalue weighted by molar-refractivity contribution is 6.00. The van der Waals surface area contributed by atoms with E-state index in [4.69, 9.17) is 4.74 Å². The summed E-state index contributed by atoms with van der Waals surface area (Å²) in [6, 6.07) is 12.8. The highest BCUT2D eigenvalue weighted by Gasteiger charge is 2.34. The number of carbonyl (C=O) groups is 3. The lowest BCUT2D eigenvalue weighted by Crippen LogP contribution is -2.62. The van der Waals surface area contributed by atoms with Crippen LogP contribution in [0.2, 0.25) is 0 Å². The summed E-state index contributed by atoms with van der Waals surface area (Å²) in [5.74, 6) is -1.66. The molecule has 4 N–H and O–H groups in total. The van der Waals surface area contributed by atoms with Crippen LogP contribution in [-0.2, 0) is 6.42 Å². The molecule has 3 aromatic rings. The largest absolute Gasteiger partial charge is 0.497 e. The number of anilines is 1. The molecular formula is C36H45F2N5O5. The van der Waals surface area contributed by atoms with E-state index in [1.165, 1.54) is 6.07 Å².